The van der Waals surface area contributed by atoms with E-state index >= 15 is 0 Å². The van der Waals surface area contributed by atoms with E-state index < -0.39 is 0 Å². The van der Waals surface area contributed by atoms with E-state index in [4.69, 9.17) is 9.47 Å². The van der Waals surface area contributed by atoms with Gasteiger partial charge in [-0.15, -0.1) is 11.3 Å². The topological polar surface area (TPSA) is 63.7 Å². The number of piperidine rings is 1. The Labute approximate surface area is 212 Å². The van der Waals surface area contributed by atoms with Crippen LogP contribution in [-0.2, 0) is 24.3 Å². The van der Waals surface area contributed by atoms with Crippen LogP contribution in [0, 0.1) is 11.8 Å². The molecule has 4 rings (SSSR count). The standard InChI is InChI=1S/C28H35N3O3S/c1-19-11-20(2)16-31(15-19)17-22-7-5-21(6-8-22)14-29-27(32)13-24-18-35-28(30-24)23-9-10-25(33-3)26(12-23)34-4/h5-10,12,18-20H,11,13-17H2,1-4H3,(H,29,32). The number of nitrogens with one attached hydrogen (secondary N) is 1. The van der Waals surface area contributed by atoms with E-state index in [-0.39, 0.29) is 12.3 Å². The number of carbonyl (C=O) groups is 1. The minimum Gasteiger partial charge on any atom is -0.493 e. The maximum absolute atomic E-state index is 12.5. The van der Waals surface area contributed by atoms with E-state index in [0.717, 1.165) is 40.2 Å². The molecule has 1 saturated heterocycles. The highest BCUT2D eigenvalue weighted by atomic mass is 32.1. The van der Waals surface area contributed by atoms with Gasteiger partial charge in [0.25, 0.3) is 0 Å². The third-order valence-electron chi connectivity index (χ3n) is 6.39. The lowest BCUT2D eigenvalue weighted by atomic mass is 9.91. The van der Waals surface area contributed by atoms with Gasteiger partial charge in [0.1, 0.15) is 5.01 Å². The van der Waals surface area contributed by atoms with Crippen LogP contribution >= 0.6 is 11.3 Å². The molecule has 186 valence electrons. The number of ether oxygens (including phenoxy) is 2. The number of methoxy groups -OCH3 is 2. The summed E-state index contributed by atoms with van der Waals surface area (Å²) in [5.41, 5.74) is 4.13. The largest absolute Gasteiger partial charge is 0.493 e. The van der Waals surface area contributed by atoms with Crippen LogP contribution in [0.5, 0.6) is 11.5 Å². The Morgan fingerprint density at radius 1 is 1.03 bits per heavy atom. The number of likely N-dealkylation sites (tertiary alicyclic amines) is 1. The van der Waals surface area contributed by atoms with Crippen molar-refractivity contribution < 1.29 is 14.3 Å². The first kappa shape index (κ1) is 25.2. The quantitative estimate of drug-likeness (QED) is 0.446. The van der Waals surface area contributed by atoms with Gasteiger partial charge >= 0.3 is 0 Å². The zero-order chi connectivity index (χ0) is 24.8. The zero-order valence-corrected chi connectivity index (χ0v) is 21.9. The van der Waals surface area contributed by atoms with Crippen LogP contribution in [-0.4, -0.2) is 43.1 Å². The predicted octanol–water partition coefficient (Wildman–Crippen LogP) is 5.16. The second kappa shape index (κ2) is 11.7. The smallest absolute Gasteiger partial charge is 0.226 e. The van der Waals surface area contributed by atoms with E-state index in [9.17, 15) is 4.79 Å². The molecule has 1 aromatic heterocycles. The summed E-state index contributed by atoms with van der Waals surface area (Å²) in [7, 11) is 3.23. The molecule has 1 aliphatic rings. The Balaban J connectivity index is 1.27. The maximum atomic E-state index is 12.5. The van der Waals surface area contributed by atoms with Crippen LogP contribution in [0.2, 0.25) is 0 Å². The normalized spacial score (nSPS) is 18.3. The Morgan fingerprint density at radius 2 is 1.71 bits per heavy atom. The number of thiazole rings is 1. The van der Waals surface area contributed by atoms with Gasteiger partial charge in [0.15, 0.2) is 11.5 Å². The molecule has 35 heavy (non-hydrogen) atoms. The van der Waals surface area contributed by atoms with Crippen molar-refractivity contribution in [1.29, 1.82) is 0 Å². The first-order valence-electron chi connectivity index (χ1n) is 12.2. The summed E-state index contributed by atoms with van der Waals surface area (Å²) < 4.78 is 10.7. The lowest BCUT2D eigenvalue weighted by molar-refractivity contribution is -0.120. The van der Waals surface area contributed by atoms with Crippen molar-refractivity contribution in [2.24, 2.45) is 11.8 Å². The molecule has 0 spiro atoms. The van der Waals surface area contributed by atoms with E-state index in [1.54, 1.807) is 14.2 Å². The van der Waals surface area contributed by atoms with Gasteiger partial charge in [-0.2, -0.15) is 0 Å². The van der Waals surface area contributed by atoms with Gasteiger partial charge in [0.2, 0.25) is 5.91 Å². The molecule has 2 aromatic carbocycles. The third kappa shape index (κ3) is 6.83. The summed E-state index contributed by atoms with van der Waals surface area (Å²) in [5.74, 6) is 2.83. The van der Waals surface area contributed by atoms with Crippen molar-refractivity contribution >= 4 is 17.2 Å². The fourth-order valence-corrected chi connectivity index (χ4v) is 5.68. The van der Waals surface area contributed by atoms with Gasteiger partial charge < -0.3 is 14.8 Å². The van der Waals surface area contributed by atoms with Crippen molar-refractivity contribution in [2.45, 2.75) is 39.8 Å². The average Bonchev–Trinajstić information content (AvgIpc) is 3.31. The second-order valence-electron chi connectivity index (χ2n) is 9.62. The highest BCUT2D eigenvalue weighted by molar-refractivity contribution is 7.13. The van der Waals surface area contributed by atoms with Gasteiger partial charge in [0.05, 0.1) is 26.3 Å². The Morgan fingerprint density at radius 3 is 2.40 bits per heavy atom. The van der Waals surface area contributed by atoms with Crippen LogP contribution in [0.3, 0.4) is 0 Å². The fraction of sp³-hybridized carbons (Fsp3) is 0.429. The van der Waals surface area contributed by atoms with Gasteiger partial charge in [-0.3, -0.25) is 9.69 Å². The number of carbonyl (C=O) groups excluding carboxylic acids is 1. The average molecular weight is 494 g/mol. The SMILES string of the molecule is COc1ccc(-c2nc(CC(=O)NCc3ccc(CN4CC(C)CC(C)C4)cc3)cs2)cc1OC. The van der Waals surface area contributed by atoms with Crippen molar-refractivity contribution in [1.82, 2.24) is 15.2 Å². The summed E-state index contributed by atoms with van der Waals surface area (Å²) in [6.07, 6.45) is 1.58. The van der Waals surface area contributed by atoms with Gasteiger partial charge in [-0.25, -0.2) is 4.98 Å². The molecule has 0 aliphatic carbocycles. The molecule has 2 atom stereocenters. The molecule has 1 fully saturated rings. The van der Waals surface area contributed by atoms with Crippen LogP contribution in [0.1, 0.15) is 37.1 Å². The molecule has 1 amide bonds. The van der Waals surface area contributed by atoms with E-state index in [1.165, 1.54) is 36.4 Å². The first-order chi connectivity index (χ1) is 16.9. The molecular formula is C28H35N3O3S. The van der Waals surface area contributed by atoms with E-state index in [0.29, 0.717) is 18.0 Å². The van der Waals surface area contributed by atoms with Crippen molar-refractivity contribution in [3.8, 4) is 22.1 Å². The van der Waals surface area contributed by atoms with Crippen LogP contribution < -0.4 is 14.8 Å². The van der Waals surface area contributed by atoms with Crippen LogP contribution in [0.15, 0.2) is 47.8 Å². The lowest BCUT2D eigenvalue weighted by Crippen LogP contribution is -2.38. The monoisotopic (exact) mass is 493 g/mol. The summed E-state index contributed by atoms with van der Waals surface area (Å²) in [5, 5.41) is 5.80. The molecule has 2 heterocycles. The van der Waals surface area contributed by atoms with Crippen LogP contribution in [0.4, 0.5) is 0 Å². The van der Waals surface area contributed by atoms with Gasteiger partial charge in [-0.1, -0.05) is 38.1 Å². The number of benzene rings is 2. The number of amides is 1. The minimum atomic E-state index is -0.0328. The summed E-state index contributed by atoms with van der Waals surface area (Å²) in [6, 6.07) is 14.3. The number of rotatable bonds is 9. The molecule has 3 aromatic rings. The number of nitrogens with zero attached hydrogens (tertiary/aromatic N) is 2. The highest BCUT2D eigenvalue weighted by Gasteiger charge is 2.21. The Bertz CT molecular complexity index is 1120. The maximum Gasteiger partial charge on any atom is 0.226 e. The van der Waals surface area contributed by atoms with Crippen molar-refractivity contribution in [3.05, 3.63) is 64.7 Å². The number of hydrogen-bond acceptors (Lipinski definition) is 6. The Hall–Kier alpha value is -2.90. The summed E-state index contributed by atoms with van der Waals surface area (Å²) in [6.45, 7) is 8.55. The molecule has 0 saturated carbocycles. The van der Waals surface area contributed by atoms with Crippen LogP contribution in [0.25, 0.3) is 10.6 Å². The second-order valence-corrected chi connectivity index (χ2v) is 10.5. The van der Waals surface area contributed by atoms with E-state index in [1.807, 2.05) is 23.6 Å². The molecule has 6 nitrogen and oxygen atoms in total. The Kier molecular flexibility index (Phi) is 8.42. The first-order valence-corrected chi connectivity index (χ1v) is 13.0. The minimum absolute atomic E-state index is 0.0328. The van der Waals surface area contributed by atoms with Gasteiger partial charge in [-0.05, 0) is 47.6 Å². The number of aromatic nitrogens is 1. The molecule has 1 aliphatic heterocycles. The zero-order valence-electron chi connectivity index (χ0n) is 21.0. The molecule has 7 heteroatoms. The summed E-state index contributed by atoms with van der Waals surface area (Å²) >= 11 is 1.52. The summed E-state index contributed by atoms with van der Waals surface area (Å²) in [4.78, 5) is 19.7. The molecule has 2 unspecified atom stereocenters. The highest BCUT2D eigenvalue weighted by Crippen LogP contribution is 2.33. The molecular weight excluding hydrogens is 458 g/mol. The van der Waals surface area contributed by atoms with Crippen molar-refractivity contribution in [2.75, 3.05) is 27.3 Å². The van der Waals surface area contributed by atoms with Crippen molar-refractivity contribution in [3.63, 3.8) is 0 Å². The van der Waals surface area contributed by atoms with Gasteiger partial charge in [0, 0.05) is 37.1 Å². The molecule has 0 bridgehead atoms. The molecule has 1 N–H and O–H groups in total. The molecule has 0 radical (unpaired) electrons. The fourth-order valence-electron chi connectivity index (χ4n) is 4.86. The number of hydrogen-bond donors (Lipinski definition) is 1. The van der Waals surface area contributed by atoms with E-state index in [2.05, 4.69) is 53.3 Å². The lowest BCUT2D eigenvalue weighted by Gasteiger charge is -2.35. The predicted molar refractivity (Wildman–Crippen MR) is 141 cm³/mol. The third-order valence-corrected chi connectivity index (χ3v) is 7.33.